The maximum absolute atomic E-state index is 14.0. The number of nitrogens with zero attached hydrogens (tertiary/aromatic N) is 1. The Morgan fingerprint density at radius 2 is 1.92 bits per heavy atom. The summed E-state index contributed by atoms with van der Waals surface area (Å²) in [6.45, 7) is 6.90. The lowest BCUT2D eigenvalue weighted by Crippen LogP contribution is -2.54. The zero-order valence-corrected chi connectivity index (χ0v) is 29.5. The molecule has 8 nitrogen and oxygen atoms in total. The lowest BCUT2D eigenvalue weighted by Gasteiger charge is -2.46. The van der Waals surface area contributed by atoms with Crippen LogP contribution in [0.5, 0.6) is 0 Å². The van der Waals surface area contributed by atoms with Crippen molar-refractivity contribution in [2.45, 2.75) is 95.5 Å². The Morgan fingerprint density at radius 3 is 2.67 bits per heavy atom. The van der Waals surface area contributed by atoms with Crippen LogP contribution in [0.4, 0.5) is 0 Å². The molecule has 3 aliphatic rings. The molecule has 3 aromatic rings. The average Bonchev–Trinajstić information content (AvgIpc) is 3.71. The molecule has 0 radical (unpaired) electrons. The minimum atomic E-state index is -1.09. The fourth-order valence-corrected chi connectivity index (χ4v) is 8.01. The zero-order valence-electron chi connectivity index (χ0n) is 29.5. The van der Waals surface area contributed by atoms with E-state index in [1.807, 2.05) is 48.5 Å². The quantitative estimate of drug-likeness (QED) is 0.102. The second kappa shape index (κ2) is 17.2. The minimum absolute atomic E-state index is 0.0954. The molecule has 0 saturated heterocycles. The molecule has 2 bridgehead atoms. The predicted octanol–water partition coefficient (Wildman–Crippen LogP) is 6.47. The number of fused-ring (bicyclic) bond motifs is 8. The number of hydrogen-bond acceptors (Lipinski definition) is 8. The molecule has 1 fully saturated rings. The van der Waals surface area contributed by atoms with Gasteiger partial charge in [-0.25, -0.2) is 0 Å². The molecule has 0 unspecified atom stereocenters. The highest BCUT2D eigenvalue weighted by Crippen LogP contribution is 2.59. The molecule has 3 N–H and O–H groups in total. The lowest BCUT2D eigenvalue weighted by atomic mass is 9.64. The molecule has 266 valence electrons. The van der Waals surface area contributed by atoms with E-state index in [4.69, 9.17) is 13.9 Å². The number of rotatable bonds is 14. The topological polar surface area (TPSA) is 113 Å². The van der Waals surface area contributed by atoms with Crippen LogP contribution in [-0.2, 0) is 22.5 Å². The second-order valence-electron chi connectivity index (χ2n) is 14.5. The molecule has 1 saturated carbocycles. The number of carbonyl (C=O) groups excluding carboxylic acids is 1. The van der Waals surface area contributed by atoms with E-state index >= 15 is 0 Å². The summed E-state index contributed by atoms with van der Waals surface area (Å²) in [5.74, 6) is 0.000131. The van der Waals surface area contributed by atoms with Gasteiger partial charge in [-0.2, -0.15) is 0 Å². The molecule has 3 aliphatic carbocycles. The number of aliphatic hydroxyl groups is 3. The number of methoxy groups -OCH3 is 1. The van der Waals surface area contributed by atoms with Gasteiger partial charge in [-0.3, -0.25) is 9.69 Å². The van der Waals surface area contributed by atoms with Crippen LogP contribution >= 0.6 is 0 Å². The SMILES string of the molecule is COCCCN(C[C@@H](O)COCc1ccccc1)C[C@]1(O)CC[C@H]2c3ccc(cc3C(=O)c3ccco3)C[C@@H](O)CCC(C)=CCC[C@@]21C. The van der Waals surface area contributed by atoms with Crippen LogP contribution in [0, 0.1) is 5.41 Å². The predicted molar refractivity (Wildman–Crippen MR) is 191 cm³/mol. The highest BCUT2D eigenvalue weighted by Gasteiger charge is 2.57. The van der Waals surface area contributed by atoms with Crippen LogP contribution < -0.4 is 0 Å². The average molecular weight is 674 g/mol. The smallest absolute Gasteiger partial charge is 0.228 e. The summed E-state index contributed by atoms with van der Waals surface area (Å²) in [5.41, 5.74) is 3.02. The molecule has 0 amide bonds. The van der Waals surface area contributed by atoms with Crippen molar-refractivity contribution in [2.24, 2.45) is 5.41 Å². The van der Waals surface area contributed by atoms with E-state index in [1.165, 1.54) is 11.8 Å². The molecular formula is C41H55NO7. The van der Waals surface area contributed by atoms with E-state index < -0.39 is 23.2 Å². The minimum Gasteiger partial charge on any atom is -0.461 e. The van der Waals surface area contributed by atoms with Gasteiger partial charge in [0.05, 0.1) is 37.3 Å². The number of hydrogen-bond donors (Lipinski definition) is 3. The lowest BCUT2D eigenvalue weighted by molar-refractivity contribution is -0.0913. The number of allylic oxidation sites excluding steroid dienone is 2. The fraction of sp³-hybridized carbons (Fsp3) is 0.537. The van der Waals surface area contributed by atoms with Crippen molar-refractivity contribution in [1.82, 2.24) is 4.90 Å². The Kier molecular flexibility index (Phi) is 13.0. The maximum atomic E-state index is 14.0. The Hall–Kier alpha value is -3.11. The molecule has 0 spiro atoms. The van der Waals surface area contributed by atoms with Gasteiger partial charge in [0, 0.05) is 44.3 Å². The van der Waals surface area contributed by atoms with Crippen LogP contribution in [0.3, 0.4) is 0 Å². The van der Waals surface area contributed by atoms with Gasteiger partial charge < -0.3 is 29.2 Å². The van der Waals surface area contributed by atoms with E-state index in [0.717, 1.165) is 42.4 Å². The first-order valence-corrected chi connectivity index (χ1v) is 17.9. The van der Waals surface area contributed by atoms with Gasteiger partial charge in [-0.1, -0.05) is 61.0 Å². The Labute approximate surface area is 291 Å². The molecule has 0 aliphatic heterocycles. The van der Waals surface area contributed by atoms with Crippen molar-refractivity contribution < 1.29 is 34.0 Å². The van der Waals surface area contributed by atoms with Gasteiger partial charge in [-0.15, -0.1) is 0 Å². The van der Waals surface area contributed by atoms with Crippen LogP contribution in [0.2, 0.25) is 0 Å². The fourth-order valence-electron chi connectivity index (χ4n) is 8.01. The van der Waals surface area contributed by atoms with E-state index in [9.17, 15) is 20.1 Å². The van der Waals surface area contributed by atoms with Crippen LogP contribution in [0.25, 0.3) is 0 Å². The third-order valence-electron chi connectivity index (χ3n) is 10.9. The van der Waals surface area contributed by atoms with E-state index in [2.05, 4.69) is 24.8 Å². The number of furan rings is 1. The molecule has 1 heterocycles. The maximum Gasteiger partial charge on any atom is 0.228 e. The van der Waals surface area contributed by atoms with Gasteiger partial charge in [0.15, 0.2) is 5.76 Å². The first-order chi connectivity index (χ1) is 23.6. The Bertz CT molecular complexity index is 1510. The monoisotopic (exact) mass is 673 g/mol. The third kappa shape index (κ3) is 9.37. The Balaban J connectivity index is 1.44. The molecule has 6 rings (SSSR count). The van der Waals surface area contributed by atoms with Crippen molar-refractivity contribution in [3.63, 3.8) is 0 Å². The van der Waals surface area contributed by atoms with E-state index in [0.29, 0.717) is 64.1 Å². The van der Waals surface area contributed by atoms with Gasteiger partial charge in [-0.05, 0) is 99.1 Å². The van der Waals surface area contributed by atoms with E-state index in [1.54, 1.807) is 19.2 Å². The number of carbonyl (C=O) groups is 1. The number of benzene rings is 2. The van der Waals surface area contributed by atoms with Crippen molar-refractivity contribution in [3.05, 3.63) is 107 Å². The Morgan fingerprint density at radius 1 is 1.10 bits per heavy atom. The molecule has 2 aromatic carbocycles. The second-order valence-corrected chi connectivity index (χ2v) is 14.5. The third-order valence-corrected chi connectivity index (χ3v) is 10.9. The summed E-state index contributed by atoms with van der Waals surface area (Å²) >= 11 is 0. The number of ether oxygens (including phenoxy) is 2. The molecule has 1 aromatic heterocycles. The summed E-state index contributed by atoms with van der Waals surface area (Å²) < 4.78 is 16.8. The first kappa shape index (κ1) is 37.2. The highest BCUT2D eigenvalue weighted by molar-refractivity contribution is 6.08. The van der Waals surface area contributed by atoms with Crippen LogP contribution in [0.15, 0.2) is 83.0 Å². The standard InChI is InChI=1S/C41H55NO7/c1-30-10-7-19-40(2)37(35-17-15-32(24-33(43)16-14-30)25-36(35)39(45)38-13-8-23-49-38)18-20-41(40,46)29-42(21-9-22-47-3)26-34(44)28-48-27-31-11-5-4-6-12-31/h4-6,8,10-13,15,17,23,25,33-34,37,43-44,46H,7,9,14,16,18-22,24,26-29H2,1-3H3/t33-,34+,37-,40-,41+/m0/s1. The van der Waals surface area contributed by atoms with E-state index in [-0.39, 0.29) is 24.1 Å². The molecular weight excluding hydrogens is 618 g/mol. The van der Waals surface area contributed by atoms with Crippen LogP contribution in [0.1, 0.15) is 97.5 Å². The summed E-state index contributed by atoms with van der Waals surface area (Å²) in [7, 11) is 1.69. The normalized spacial score (nSPS) is 25.2. The number of ketones is 1. The largest absolute Gasteiger partial charge is 0.461 e. The number of aliphatic hydroxyl groups excluding tert-OH is 2. The zero-order chi connectivity index (χ0) is 34.9. The van der Waals surface area contributed by atoms with Gasteiger partial charge in [0.2, 0.25) is 5.78 Å². The van der Waals surface area contributed by atoms with Gasteiger partial charge >= 0.3 is 0 Å². The van der Waals surface area contributed by atoms with Crippen LogP contribution in [-0.4, -0.2) is 83.8 Å². The molecule has 5 atom stereocenters. The van der Waals surface area contributed by atoms with Gasteiger partial charge in [0.1, 0.15) is 0 Å². The highest BCUT2D eigenvalue weighted by atomic mass is 16.5. The molecule has 49 heavy (non-hydrogen) atoms. The molecule has 8 heteroatoms. The summed E-state index contributed by atoms with van der Waals surface area (Å²) in [5, 5.41) is 34.8. The summed E-state index contributed by atoms with van der Waals surface area (Å²) in [4.78, 5) is 16.1. The summed E-state index contributed by atoms with van der Waals surface area (Å²) in [6, 6.07) is 19.3. The van der Waals surface area contributed by atoms with Crippen molar-refractivity contribution in [2.75, 3.05) is 40.0 Å². The van der Waals surface area contributed by atoms with Gasteiger partial charge in [0.25, 0.3) is 0 Å². The van der Waals surface area contributed by atoms with Crippen molar-refractivity contribution in [1.29, 1.82) is 0 Å². The summed E-state index contributed by atoms with van der Waals surface area (Å²) in [6.07, 6.45) is 7.96. The van der Waals surface area contributed by atoms with Crippen molar-refractivity contribution in [3.8, 4) is 0 Å². The first-order valence-electron chi connectivity index (χ1n) is 17.9. The van der Waals surface area contributed by atoms with Crippen molar-refractivity contribution >= 4 is 5.78 Å².